The van der Waals surface area contributed by atoms with E-state index < -0.39 is 0 Å². The largest absolute Gasteiger partial charge is 0.308 e. The Morgan fingerprint density at radius 2 is 2.24 bits per heavy atom. The third-order valence-electron chi connectivity index (χ3n) is 1.88. The van der Waals surface area contributed by atoms with Crippen molar-refractivity contribution in [1.29, 1.82) is 0 Å². The summed E-state index contributed by atoms with van der Waals surface area (Å²) in [6, 6.07) is 1.76. The highest BCUT2D eigenvalue weighted by molar-refractivity contribution is 7.99. The number of hydrogen-bond acceptors (Lipinski definition) is 8. The summed E-state index contributed by atoms with van der Waals surface area (Å²) in [6.07, 6.45) is 3.41. The Morgan fingerprint density at radius 1 is 1.41 bits per heavy atom. The molecule has 90 valence electrons. The molecule has 0 saturated heterocycles. The van der Waals surface area contributed by atoms with Gasteiger partial charge in [-0.3, -0.25) is 0 Å². The molecule has 3 N–H and O–H groups in total. The van der Waals surface area contributed by atoms with E-state index in [4.69, 9.17) is 5.84 Å². The van der Waals surface area contributed by atoms with Gasteiger partial charge in [0.15, 0.2) is 10.3 Å². The lowest BCUT2D eigenvalue weighted by molar-refractivity contribution is 0.684. The van der Waals surface area contributed by atoms with E-state index in [2.05, 4.69) is 25.5 Å². The third kappa shape index (κ3) is 2.87. The number of hydrazine groups is 1. The molecule has 0 bridgehead atoms. The minimum atomic E-state index is 0.578. The Kier molecular flexibility index (Phi) is 3.82. The second kappa shape index (κ2) is 5.34. The van der Waals surface area contributed by atoms with Gasteiger partial charge < -0.3 is 5.43 Å². The van der Waals surface area contributed by atoms with Crippen molar-refractivity contribution in [2.24, 2.45) is 12.9 Å². The molecule has 0 saturated carbocycles. The van der Waals surface area contributed by atoms with Gasteiger partial charge in [0.1, 0.15) is 17.2 Å². The van der Waals surface area contributed by atoms with Crippen LogP contribution in [-0.2, 0) is 7.05 Å². The normalized spacial score (nSPS) is 10.5. The van der Waals surface area contributed by atoms with E-state index in [0.29, 0.717) is 11.0 Å². The lowest BCUT2D eigenvalue weighted by atomic mass is 10.6. The van der Waals surface area contributed by atoms with E-state index in [9.17, 15) is 0 Å². The zero-order valence-corrected chi connectivity index (χ0v) is 10.9. The van der Waals surface area contributed by atoms with Crippen LogP contribution in [0, 0.1) is 0 Å². The molecule has 0 aromatic carbocycles. The molecule has 9 heteroatoms. The van der Waals surface area contributed by atoms with Crippen LogP contribution in [0.2, 0.25) is 0 Å². The number of rotatable bonds is 4. The number of nitrogens with two attached hydrogens (primary N) is 1. The fourth-order valence-corrected chi connectivity index (χ4v) is 2.30. The SMILES string of the molecule is CSc1nc(NN)cc(Sc2ncnn2C)n1. The average Bonchev–Trinajstić information content (AvgIpc) is 2.74. The van der Waals surface area contributed by atoms with Crippen molar-refractivity contribution in [2.45, 2.75) is 15.3 Å². The number of thioether (sulfide) groups is 1. The van der Waals surface area contributed by atoms with Gasteiger partial charge in [-0.2, -0.15) is 5.10 Å². The summed E-state index contributed by atoms with van der Waals surface area (Å²) in [7, 11) is 1.83. The van der Waals surface area contributed by atoms with Gasteiger partial charge in [0.2, 0.25) is 0 Å². The molecule has 0 fully saturated rings. The van der Waals surface area contributed by atoms with Gasteiger partial charge in [-0.15, -0.1) is 0 Å². The van der Waals surface area contributed by atoms with Crippen LogP contribution in [0.3, 0.4) is 0 Å². The van der Waals surface area contributed by atoms with E-state index in [1.165, 1.54) is 29.9 Å². The number of nitrogens with one attached hydrogen (secondary N) is 1. The molecule has 0 atom stereocenters. The topological polar surface area (TPSA) is 94.5 Å². The Balaban J connectivity index is 2.29. The summed E-state index contributed by atoms with van der Waals surface area (Å²) in [5.41, 5.74) is 2.52. The first kappa shape index (κ1) is 12.1. The van der Waals surface area contributed by atoms with Crippen molar-refractivity contribution in [3.8, 4) is 0 Å². The summed E-state index contributed by atoms with van der Waals surface area (Å²) in [5.74, 6) is 5.93. The summed E-state index contributed by atoms with van der Waals surface area (Å²) in [5, 5.41) is 6.19. The van der Waals surface area contributed by atoms with Crippen molar-refractivity contribution >= 4 is 29.3 Å². The Hall–Kier alpha value is -1.32. The molecule has 2 aromatic heterocycles. The summed E-state index contributed by atoms with van der Waals surface area (Å²) in [4.78, 5) is 12.7. The second-order valence-corrected chi connectivity index (χ2v) is 4.75. The highest BCUT2D eigenvalue weighted by Gasteiger charge is 2.08. The summed E-state index contributed by atoms with van der Waals surface area (Å²) in [6.45, 7) is 0. The average molecular weight is 269 g/mol. The number of aromatic nitrogens is 5. The van der Waals surface area contributed by atoms with Crippen LogP contribution >= 0.6 is 23.5 Å². The molecule has 7 nitrogen and oxygen atoms in total. The van der Waals surface area contributed by atoms with Gasteiger partial charge in [-0.05, 0) is 18.0 Å². The number of nitrogens with zero attached hydrogens (tertiary/aromatic N) is 5. The van der Waals surface area contributed by atoms with E-state index in [0.717, 1.165) is 10.2 Å². The molecule has 2 rings (SSSR count). The monoisotopic (exact) mass is 269 g/mol. The zero-order chi connectivity index (χ0) is 12.3. The molecule has 0 amide bonds. The molecule has 0 spiro atoms. The molecular formula is C8H11N7S2. The van der Waals surface area contributed by atoms with E-state index >= 15 is 0 Å². The number of anilines is 1. The van der Waals surface area contributed by atoms with Crippen molar-refractivity contribution in [3.63, 3.8) is 0 Å². The van der Waals surface area contributed by atoms with Gasteiger partial charge in [0.25, 0.3) is 0 Å². The van der Waals surface area contributed by atoms with Gasteiger partial charge >= 0.3 is 0 Å². The van der Waals surface area contributed by atoms with Crippen LogP contribution in [0.25, 0.3) is 0 Å². The highest BCUT2D eigenvalue weighted by atomic mass is 32.2. The van der Waals surface area contributed by atoms with Gasteiger partial charge in [-0.1, -0.05) is 11.8 Å². The summed E-state index contributed by atoms with van der Waals surface area (Å²) < 4.78 is 1.68. The first-order valence-electron chi connectivity index (χ1n) is 4.64. The first-order valence-corrected chi connectivity index (χ1v) is 6.68. The van der Waals surface area contributed by atoms with Gasteiger partial charge in [0, 0.05) is 13.1 Å². The van der Waals surface area contributed by atoms with E-state index in [1.54, 1.807) is 10.7 Å². The van der Waals surface area contributed by atoms with Crippen LogP contribution in [0.15, 0.2) is 27.7 Å². The van der Waals surface area contributed by atoms with E-state index in [-0.39, 0.29) is 0 Å². The molecule has 0 aliphatic carbocycles. The quantitative estimate of drug-likeness (QED) is 0.276. The molecular weight excluding hydrogens is 258 g/mol. The minimum Gasteiger partial charge on any atom is -0.308 e. The van der Waals surface area contributed by atoms with Crippen LogP contribution < -0.4 is 11.3 Å². The number of nitrogen functional groups attached to an aromatic ring is 1. The first-order chi connectivity index (χ1) is 8.22. The van der Waals surface area contributed by atoms with Gasteiger partial charge in [-0.25, -0.2) is 25.5 Å². The van der Waals surface area contributed by atoms with Crippen LogP contribution in [0.1, 0.15) is 0 Å². The third-order valence-corrected chi connectivity index (χ3v) is 3.40. The predicted octanol–water partition coefficient (Wildman–Crippen LogP) is 0.764. The molecule has 0 aliphatic heterocycles. The number of hydrogen-bond donors (Lipinski definition) is 2. The highest BCUT2D eigenvalue weighted by Crippen LogP contribution is 2.26. The molecule has 0 radical (unpaired) electrons. The van der Waals surface area contributed by atoms with Crippen LogP contribution in [0.5, 0.6) is 0 Å². The molecule has 2 heterocycles. The lowest BCUT2D eigenvalue weighted by Crippen LogP contribution is -2.09. The van der Waals surface area contributed by atoms with Crippen LogP contribution in [0.4, 0.5) is 5.82 Å². The van der Waals surface area contributed by atoms with Crippen molar-refractivity contribution in [3.05, 3.63) is 12.4 Å². The molecule has 2 aromatic rings. The van der Waals surface area contributed by atoms with Crippen molar-refractivity contribution < 1.29 is 0 Å². The zero-order valence-electron chi connectivity index (χ0n) is 9.28. The molecule has 0 unspecified atom stereocenters. The van der Waals surface area contributed by atoms with Crippen molar-refractivity contribution in [2.75, 3.05) is 11.7 Å². The maximum absolute atomic E-state index is 5.35. The van der Waals surface area contributed by atoms with Crippen LogP contribution in [-0.4, -0.2) is 31.0 Å². The smallest absolute Gasteiger partial charge is 0.192 e. The molecule has 0 aliphatic rings. The van der Waals surface area contributed by atoms with Crippen molar-refractivity contribution in [1.82, 2.24) is 24.7 Å². The standard InChI is InChI=1S/C8H11N7S2/c1-15-8(10-4-11-15)17-6-3-5(14-9)12-7(13-6)16-2/h3-4H,9H2,1-2H3,(H,12,13,14). The van der Waals surface area contributed by atoms with Gasteiger partial charge in [0.05, 0.1) is 0 Å². The molecule has 17 heavy (non-hydrogen) atoms. The second-order valence-electron chi connectivity index (χ2n) is 2.99. The Labute approximate surface area is 107 Å². The Morgan fingerprint density at radius 3 is 2.82 bits per heavy atom. The maximum Gasteiger partial charge on any atom is 0.192 e. The lowest BCUT2D eigenvalue weighted by Gasteiger charge is -2.05. The summed E-state index contributed by atoms with van der Waals surface area (Å²) >= 11 is 2.86. The minimum absolute atomic E-state index is 0.578. The Bertz CT molecular complexity index is 490. The van der Waals surface area contributed by atoms with E-state index in [1.807, 2.05) is 13.3 Å². The maximum atomic E-state index is 5.35. The fourth-order valence-electron chi connectivity index (χ4n) is 1.09. The number of aryl methyl sites for hydroxylation is 1. The predicted molar refractivity (Wildman–Crippen MR) is 66.7 cm³/mol. The fraction of sp³-hybridized carbons (Fsp3) is 0.250.